The molecule has 10 heteroatoms. The number of para-hydroxylation sites is 1. The lowest BCUT2D eigenvalue weighted by molar-refractivity contribution is -0.126. The first-order valence-electron chi connectivity index (χ1n) is 11.0. The highest BCUT2D eigenvalue weighted by molar-refractivity contribution is 6.24. The van der Waals surface area contributed by atoms with Crippen LogP contribution in [0.1, 0.15) is 22.0 Å². The molecule has 184 valence electrons. The number of amides is 2. The van der Waals surface area contributed by atoms with Gasteiger partial charge in [-0.3, -0.25) is 14.4 Å². The second kappa shape index (κ2) is 8.97. The van der Waals surface area contributed by atoms with Gasteiger partial charge in [-0.25, -0.2) is 19.1 Å². The van der Waals surface area contributed by atoms with Crippen LogP contribution in [0.5, 0.6) is 11.5 Å². The average molecular weight is 492 g/mol. The van der Waals surface area contributed by atoms with E-state index in [9.17, 15) is 23.9 Å². The second-order valence-electron chi connectivity index (χ2n) is 8.22. The first kappa shape index (κ1) is 23.3. The van der Waals surface area contributed by atoms with E-state index in [1.807, 2.05) is 0 Å². The number of methoxy groups -OCH3 is 2. The van der Waals surface area contributed by atoms with Crippen molar-refractivity contribution in [1.82, 2.24) is 0 Å². The van der Waals surface area contributed by atoms with Crippen molar-refractivity contribution in [2.75, 3.05) is 24.2 Å². The Bertz CT molecular complexity index is 1350. The van der Waals surface area contributed by atoms with Gasteiger partial charge in [0.1, 0.15) is 17.3 Å². The number of carbonyl (C=O) groups excluding carboxylic acids is 2. The van der Waals surface area contributed by atoms with Crippen molar-refractivity contribution in [2.45, 2.75) is 12.1 Å². The summed E-state index contributed by atoms with van der Waals surface area (Å²) in [5.41, 5.74) is 0.711. The third-order valence-electron chi connectivity index (χ3n) is 6.32. The standard InChI is InChI=1S/C26H21FN2O7/c1-34-18-13-12-17(19(26(32)33)22(18)35-2)21-20-23(36-29(21)16-6-4-3-5-7-16)25(31)28(24(20)30)15-10-8-14(27)9-11-15/h3-13,20-21,23H,1-2H3,(H,32,33)/t20-,21-,23-/m1/s1. The number of ether oxygens (including phenoxy) is 2. The Kier molecular flexibility index (Phi) is 5.81. The van der Waals surface area contributed by atoms with E-state index in [-0.39, 0.29) is 28.3 Å². The van der Waals surface area contributed by atoms with Crippen LogP contribution in [0, 0.1) is 11.7 Å². The molecule has 2 amide bonds. The quantitative estimate of drug-likeness (QED) is 0.521. The van der Waals surface area contributed by atoms with E-state index in [0.717, 1.165) is 17.0 Å². The van der Waals surface area contributed by atoms with Crippen LogP contribution in [-0.2, 0) is 14.4 Å². The lowest BCUT2D eigenvalue weighted by Gasteiger charge is -2.30. The van der Waals surface area contributed by atoms with Crippen molar-refractivity contribution in [3.63, 3.8) is 0 Å². The van der Waals surface area contributed by atoms with Crippen LogP contribution >= 0.6 is 0 Å². The lowest BCUT2D eigenvalue weighted by Crippen LogP contribution is -2.37. The fraction of sp³-hybridized carbons (Fsp3) is 0.192. The SMILES string of the molecule is COc1ccc([C@@H]2[C@H]3C(=O)N(c4ccc(F)cc4)C(=O)[C@@H]3ON2c2ccccc2)c(C(=O)O)c1OC. The number of carboxylic acids is 1. The van der Waals surface area contributed by atoms with Crippen LogP contribution in [0.3, 0.4) is 0 Å². The summed E-state index contributed by atoms with van der Waals surface area (Å²) in [6.07, 6.45) is -1.22. The Morgan fingerprint density at radius 1 is 0.917 bits per heavy atom. The van der Waals surface area contributed by atoms with Gasteiger partial charge in [-0.2, -0.15) is 0 Å². The van der Waals surface area contributed by atoms with E-state index in [1.165, 1.54) is 43.5 Å². The van der Waals surface area contributed by atoms with E-state index in [0.29, 0.717) is 5.69 Å². The number of aromatic carboxylic acids is 1. The minimum absolute atomic E-state index is 0.0221. The summed E-state index contributed by atoms with van der Waals surface area (Å²) in [4.78, 5) is 46.5. The van der Waals surface area contributed by atoms with Crippen molar-refractivity contribution in [2.24, 2.45) is 5.92 Å². The third-order valence-corrected chi connectivity index (χ3v) is 6.32. The van der Waals surface area contributed by atoms with Gasteiger partial charge in [0.05, 0.1) is 31.6 Å². The topological polar surface area (TPSA) is 106 Å². The number of fused-ring (bicyclic) bond motifs is 1. The molecule has 3 atom stereocenters. The van der Waals surface area contributed by atoms with Crippen LogP contribution in [0.15, 0.2) is 66.7 Å². The number of benzene rings is 3. The van der Waals surface area contributed by atoms with Gasteiger partial charge in [-0.1, -0.05) is 24.3 Å². The molecule has 0 aromatic heterocycles. The van der Waals surface area contributed by atoms with Gasteiger partial charge in [0.25, 0.3) is 5.91 Å². The molecule has 0 radical (unpaired) electrons. The van der Waals surface area contributed by atoms with E-state index in [1.54, 1.807) is 30.3 Å². The normalized spacial score (nSPS) is 21.0. The number of anilines is 2. The number of hydrogen-bond acceptors (Lipinski definition) is 7. The molecule has 2 fully saturated rings. The first-order chi connectivity index (χ1) is 17.4. The third kappa shape index (κ3) is 3.54. The van der Waals surface area contributed by atoms with Gasteiger partial charge in [0.15, 0.2) is 17.6 Å². The van der Waals surface area contributed by atoms with E-state index >= 15 is 0 Å². The molecule has 2 aliphatic heterocycles. The molecule has 3 aromatic carbocycles. The highest BCUT2D eigenvalue weighted by Gasteiger charge is 2.61. The van der Waals surface area contributed by atoms with Gasteiger partial charge in [0, 0.05) is 0 Å². The van der Waals surface area contributed by atoms with Gasteiger partial charge in [-0.15, -0.1) is 0 Å². The molecular formula is C26H21FN2O7. The van der Waals surface area contributed by atoms with Crippen LogP contribution < -0.4 is 19.4 Å². The molecule has 5 rings (SSSR count). The number of nitrogens with zero attached hydrogens (tertiary/aromatic N) is 2. The van der Waals surface area contributed by atoms with Crippen LogP contribution in [-0.4, -0.2) is 43.2 Å². The molecule has 2 heterocycles. The van der Waals surface area contributed by atoms with Crippen LogP contribution in [0.4, 0.5) is 15.8 Å². The molecule has 0 bridgehead atoms. The summed E-state index contributed by atoms with van der Waals surface area (Å²) in [6, 6.07) is 15.8. The number of hydroxylamine groups is 1. The maximum Gasteiger partial charge on any atom is 0.339 e. The van der Waals surface area contributed by atoms with E-state index in [4.69, 9.17) is 14.3 Å². The summed E-state index contributed by atoms with van der Waals surface area (Å²) >= 11 is 0. The smallest absolute Gasteiger partial charge is 0.339 e. The maximum atomic E-state index is 13.7. The molecule has 2 aliphatic rings. The molecule has 1 N–H and O–H groups in total. The van der Waals surface area contributed by atoms with Crippen molar-refractivity contribution >= 4 is 29.2 Å². The first-order valence-corrected chi connectivity index (χ1v) is 11.0. The Hall–Kier alpha value is -4.44. The predicted octanol–water partition coefficient (Wildman–Crippen LogP) is 3.59. The van der Waals surface area contributed by atoms with Crippen molar-refractivity contribution in [3.8, 4) is 11.5 Å². The van der Waals surface area contributed by atoms with Crippen molar-refractivity contribution < 1.29 is 38.2 Å². The Morgan fingerprint density at radius 2 is 1.61 bits per heavy atom. The summed E-state index contributed by atoms with van der Waals surface area (Å²) < 4.78 is 24.1. The Labute approximate surface area is 205 Å². The predicted molar refractivity (Wildman–Crippen MR) is 125 cm³/mol. The van der Waals surface area contributed by atoms with Crippen LogP contribution in [0.2, 0.25) is 0 Å². The van der Waals surface area contributed by atoms with Gasteiger partial charge in [0.2, 0.25) is 5.91 Å². The summed E-state index contributed by atoms with van der Waals surface area (Å²) in [7, 11) is 2.70. The summed E-state index contributed by atoms with van der Waals surface area (Å²) in [5, 5.41) is 11.5. The number of halogens is 1. The second-order valence-corrected chi connectivity index (χ2v) is 8.22. The summed E-state index contributed by atoms with van der Waals surface area (Å²) in [5.74, 6) is -3.95. The van der Waals surface area contributed by atoms with E-state index in [2.05, 4.69) is 0 Å². The number of rotatable bonds is 6. The zero-order valence-electron chi connectivity index (χ0n) is 19.3. The minimum atomic E-state index is -1.30. The van der Waals surface area contributed by atoms with Crippen LogP contribution in [0.25, 0.3) is 0 Å². The molecule has 0 unspecified atom stereocenters. The van der Waals surface area contributed by atoms with Gasteiger partial charge >= 0.3 is 5.97 Å². The molecule has 2 saturated heterocycles. The number of imide groups is 1. The highest BCUT2D eigenvalue weighted by Crippen LogP contribution is 2.50. The van der Waals surface area contributed by atoms with E-state index < -0.39 is 41.7 Å². The zero-order chi connectivity index (χ0) is 25.6. The lowest BCUT2D eigenvalue weighted by atomic mass is 9.87. The van der Waals surface area contributed by atoms with Gasteiger partial charge in [-0.05, 0) is 48.0 Å². The Balaban J connectivity index is 1.68. The Morgan fingerprint density at radius 3 is 2.22 bits per heavy atom. The maximum absolute atomic E-state index is 13.7. The molecule has 36 heavy (non-hydrogen) atoms. The minimum Gasteiger partial charge on any atom is -0.493 e. The van der Waals surface area contributed by atoms with Crippen molar-refractivity contribution in [3.05, 3.63) is 83.7 Å². The highest BCUT2D eigenvalue weighted by atomic mass is 19.1. The molecular weight excluding hydrogens is 471 g/mol. The fourth-order valence-electron chi connectivity index (χ4n) is 4.78. The fourth-order valence-corrected chi connectivity index (χ4v) is 4.78. The molecule has 0 aliphatic carbocycles. The molecule has 9 nitrogen and oxygen atoms in total. The van der Waals surface area contributed by atoms with Crippen molar-refractivity contribution in [1.29, 1.82) is 0 Å². The largest absolute Gasteiger partial charge is 0.493 e. The zero-order valence-corrected chi connectivity index (χ0v) is 19.3. The monoisotopic (exact) mass is 492 g/mol. The molecule has 0 saturated carbocycles. The molecule has 0 spiro atoms. The average Bonchev–Trinajstić information content (AvgIpc) is 3.39. The number of carbonyl (C=O) groups is 3. The summed E-state index contributed by atoms with van der Waals surface area (Å²) in [6.45, 7) is 0. The van der Waals surface area contributed by atoms with Gasteiger partial charge < -0.3 is 14.6 Å². The number of hydrogen-bond donors (Lipinski definition) is 1. The number of carboxylic acid groups (broad SMARTS) is 1. The molecule has 3 aromatic rings.